The first-order chi connectivity index (χ1) is 8.58. The Kier molecular flexibility index (Phi) is 3.98. The molecule has 0 radical (unpaired) electrons. The van der Waals surface area contributed by atoms with Gasteiger partial charge in [-0.25, -0.2) is 0 Å². The summed E-state index contributed by atoms with van der Waals surface area (Å²) in [5.41, 5.74) is 7.75. The molecule has 0 bridgehead atoms. The Hall–Kier alpha value is -1.40. The van der Waals surface area contributed by atoms with Gasteiger partial charge in [0, 0.05) is 26.0 Å². The molecule has 1 amide bonds. The average molecular weight is 326 g/mol. The fourth-order valence-electron chi connectivity index (χ4n) is 1.70. The topological polar surface area (TPSA) is 59.2 Å². The zero-order chi connectivity index (χ0) is 13.1. The molecule has 18 heavy (non-hydrogen) atoms. The van der Waals surface area contributed by atoms with Gasteiger partial charge in [0.25, 0.3) is 5.91 Å². The van der Waals surface area contributed by atoms with Crippen molar-refractivity contribution in [1.82, 2.24) is 4.98 Å². The highest BCUT2D eigenvalue weighted by Crippen LogP contribution is 2.24. The number of anilines is 1. The monoisotopic (exact) mass is 325 g/mol. The van der Waals surface area contributed by atoms with E-state index in [0.717, 1.165) is 9.47 Å². The normalized spacial score (nSPS) is 10.3. The van der Waals surface area contributed by atoms with Crippen molar-refractivity contribution in [3.8, 4) is 0 Å². The molecule has 0 spiro atoms. The summed E-state index contributed by atoms with van der Waals surface area (Å²) >= 11 is 5.07. The van der Waals surface area contributed by atoms with Crippen LogP contribution in [-0.4, -0.2) is 17.9 Å². The van der Waals surface area contributed by atoms with Crippen LogP contribution in [0.25, 0.3) is 0 Å². The molecular weight excluding hydrogens is 314 g/mol. The van der Waals surface area contributed by atoms with E-state index in [9.17, 15) is 4.79 Å². The van der Waals surface area contributed by atoms with Crippen LogP contribution in [0, 0.1) is 0 Å². The number of carbonyl (C=O) groups is 1. The van der Waals surface area contributed by atoms with Gasteiger partial charge in [0.15, 0.2) is 0 Å². The smallest absolute Gasteiger partial charge is 0.252 e. The molecule has 94 valence electrons. The Morgan fingerprint density at radius 2 is 2.39 bits per heavy atom. The molecule has 0 aliphatic heterocycles. The molecule has 0 atom stereocenters. The van der Waals surface area contributed by atoms with E-state index in [0.29, 0.717) is 12.1 Å². The standard InChI is InChI=1S/C12H12BrN3OS/c1-16(6-8-4-11(13)18-7-8)10-2-3-15-5-9(10)12(14)17/h2-5,7H,6H2,1H3,(H2,14,17). The Labute approximate surface area is 118 Å². The maximum Gasteiger partial charge on any atom is 0.252 e. The lowest BCUT2D eigenvalue weighted by molar-refractivity contribution is 0.100. The summed E-state index contributed by atoms with van der Waals surface area (Å²) in [6.07, 6.45) is 3.15. The summed E-state index contributed by atoms with van der Waals surface area (Å²) in [6.45, 7) is 0.715. The van der Waals surface area contributed by atoms with Crippen molar-refractivity contribution in [1.29, 1.82) is 0 Å². The van der Waals surface area contributed by atoms with E-state index in [4.69, 9.17) is 5.73 Å². The van der Waals surface area contributed by atoms with E-state index in [1.54, 1.807) is 23.6 Å². The number of rotatable bonds is 4. The molecule has 2 heterocycles. The predicted octanol–water partition coefficient (Wildman–Crippen LogP) is 2.64. The summed E-state index contributed by atoms with van der Waals surface area (Å²) in [6, 6.07) is 3.85. The number of thiophene rings is 1. The van der Waals surface area contributed by atoms with Crippen molar-refractivity contribution in [3.05, 3.63) is 44.8 Å². The molecule has 2 rings (SSSR count). The van der Waals surface area contributed by atoms with E-state index in [-0.39, 0.29) is 0 Å². The lowest BCUT2D eigenvalue weighted by atomic mass is 10.2. The summed E-state index contributed by atoms with van der Waals surface area (Å²) < 4.78 is 1.09. The Morgan fingerprint density at radius 1 is 1.61 bits per heavy atom. The maximum absolute atomic E-state index is 11.3. The van der Waals surface area contributed by atoms with Crippen LogP contribution in [0.5, 0.6) is 0 Å². The van der Waals surface area contributed by atoms with Crippen molar-refractivity contribution in [3.63, 3.8) is 0 Å². The summed E-state index contributed by atoms with van der Waals surface area (Å²) in [5, 5.41) is 2.08. The van der Waals surface area contributed by atoms with Crippen molar-refractivity contribution in [2.24, 2.45) is 5.73 Å². The Morgan fingerprint density at radius 3 is 3.00 bits per heavy atom. The van der Waals surface area contributed by atoms with Crippen LogP contribution >= 0.6 is 27.3 Å². The van der Waals surface area contributed by atoms with E-state index in [1.807, 2.05) is 11.9 Å². The van der Waals surface area contributed by atoms with Gasteiger partial charge in [-0.05, 0) is 39.0 Å². The number of amides is 1. The second kappa shape index (κ2) is 5.49. The molecule has 0 aliphatic rings. The van der Waals surface area contributed by atoms with Crippen molar-refractivity contribution in [2.45, 2.75) is 6.54 Å². The first kappa shape index (κ1) is 13.0. The first-order valence-corrected chi connectivity index (χ1v) is 6.93. The van der Waals surface area contributed by atoms with Gasteiger partial charge in [0.1, 0.15) is 0 Å². The number of halogens is 1. The number of nitrogens with zero attached hydrogens (tertiary/aromatic N) is 2. The van der Waals surface area contributed by atoms with Gasteiger partial charge in [-0.1, -0.05) is 0 Å². The summed E-state index contributed by atoms with van der Waals surface area (Å²) in [5.74, 6) is -0.462. The van der Waals surface area contributed by atoms with Crippen LogP contribution in [-0.2, 0) is 6.54 Å². The van der Waals surface area contributed by atoms with E-state index >= 15 is 0 Å². The molecule has 0 aliphatic carbocycles. The zero-order valence-electron chi connectivity index (χ0n) is 9.76. The van der Waals surface area contributed by atoms with Crippen LogP contribution in [0.3, 0.4) is 0 Å². The highest BCUT2D eigenvalue weighted by Gasteiger charge is 2.12. The third-order valence-electron chi connectivity index (χ3n) is 2.52. The number of primary amides is 1. The van der Waals surface area contributed by atoms with Crippen LogP contribution in [0.4, 0.5) is 5.69 Å². The first-order valence-electron chi connectivity index (χ1n) is 5.26. The number of carbonyl (C=O) groups excluding carboxylic acids is 1. The third-order valence-corrected chi connectivity index (χ3v) is 4.07. The number of nitrogens with two attached hydrogens (primary N) is 1. The minimum Gasteiger partial charge on any atom is -0.369 e. The minimum absolute atomic E-state index is 0.439. The molecule has 0 aromatic carbocycles. The molecule has 0 fully saturated rings. The molecule has 2 aromatic rings. The molecular formula is C12H12BrN3OS. The number of hydrogen-bond acceptors (Lipinski definition) is 4. The van der Waals surface area contributed by atoms with E-state index < -0.39 is 5.91 Å². The number of hydrogen-bond donors (Lipinski definition) is 1. The van der Waals surface area contributed by atoms with Crippen molar-refractivity contribution < 1.29 is 4.79 Å². The van der Waals surface area contributed by atoms with Crippen molar-refractivity contribution in [2.75, 3.05) is 11.9 Å². The maximum atomic E-state index is 11.3. The molecule has 6 heteroatoms. The Bertz CT molecular complexity index is 570. The predicted molar refractivity (Wildman–Crippen MR) is 76.9 cm³/mol. The van der Waals surface area contributed by atoms with Crippen LogP contribution < -0.4 is 10.6 Å². The summed E-state index contributed by atoms with van der Waals surface area (Å²) in [4.78, 5) is 17.2. The van der Waals surface area contributed by atoms with Crippen LogP contribution in [0.15, 0.2) is 33.7 Å². The van der Waals surface area contributed by atoms with Gasteiger partial charge in [0.05, 0.1) is 15.0 Å². The zero-order valence-corrected chi connectivity index (χ0v) is 12.2. The van der Waals surface area contributed by atoms with Gasteiger partial charge in [-0.15, -0.1) is 11.3 Å². The second-order valence-electron chi connectivity index (χ2n) is 3.87. The number of pyridine rings is 1. The fourth-order valence-corrected chi connectivity index (χ4v) is 2.90. The van der Waals surface area contributed by atoms with Crippen molar-refractivity contribution >= 4 is 38.9 Å². The third kappa shape index (κ3) is 2.88. The second-order valence-corrected chi connectivity index (χ2v) is 6.16. The van der Waals surface area contributed by atoms with Gasteiger partial charge in [0.2, 0.25) is 0 Å². The van der Waals surface area contributed by atoms with E-state index in [2.05, 4.69) is 32.4 Å². The molecule has 0 saturated heterocycles. The minimum atomic E-state index is -0.462. The Balaban J connectivity index is 2.23. The SMILES string of the molecule is CN(Cc1csc(Br)c1)c1ccncc1C(N)=O. The lowest BCUT2D eigenvalue weighted by Gasteiger charge is -2.20. The van der Waals surface area contributed by atoms with E-state index in [1.165, 1.54) is 11.8 Å². The quantitative estimate of drug-likeness (QED) is 0.940. The van der Waals surface area contributed by atoms with Gasteiger partial charge < -0.3 is 10.6 Å². The highest BCUT2D eigenvalue weighted by molar-refractivity contribution is 9.11. The molecule has 0 saturated carbocycles. The number of aromatic nitrogens is 1. The molecule has 2 N–H and O–H groups in total. The largest absolute Gasteiger partial charge is 0.369 e. The van der Waals surface area contributed by atoms with Crippen LogP contribution in [0.1, 0.15) is 15.9 Å². The fraction of sp³-hybridized carbons (Fsp3) is 0.167. The molecule has 0 unspecified atom stereocenters. The van der Waals surface area contributed by atoms with Gasteiger partial charge in [-0.2, -0.15) is 0 Å². The highest BCUT2D eigenvalue weighted by atomic mass is 79.9. The van der Waals surface area contributed by atoms with Gasteiger partial charge in [-0.3, -0.25) is 9.78 Å². The molecule has 2 aromatic heterocycles. The summed E-state index contributed by atoms with van der Waals surface area (Å²) in [7, 11) is 1.92. The lowest BCUT2D eigenvalue weighted by Crippen LogP contribution is -2.22. The average Bonchev–Trinajstić information content (AvgIpc) is 2.74. The van der Waals surface area contributed by atoms with Gasteiger partial charge >= 0.3 is 0 Å². The molecule has 4 nitrogen and oxygen atoms in total. The van der Waals surface area contributed by atoms with Crippen LogP contribution in [0.2, 0.25) is 0 Å².